The molecule has 0 radical (unpaired) electrons. The molecule has 0 saturated heterocycles. The fourth-order valence-corrected chi connectivity index (χ4v) is 2.05. The van der Waals surface area contributed by atoms with E-state index in [0.29, 0.717) is 5.56 Å². The summed E-state index contributed by atoms with van der Waals surface area (Å²) in [5, 5.41) is 10.5. The molecule has 1 amide bonds. The molecule has 1 aromatic carbocycles. The molecular formula is C15H18F3NO4. The number of aliphatic carboxylic acids is 1. The van der Waals surface area contributed by atoms with Gasteiger partial charge in [-0.05, 0) is 17.9 Å². The average Bonchev–Trinajstić information content (AvgIpc) is 2.43. The number of halogens is 3. The molecule has 0 saturated carbocycles. The monoisotopic (exact) mass is 333 g/mol. The Balaban J connectivity index is 2.87. The predicted molar refractivity (Wildman–Crippen MR) is 75.6 cm³/mol. The molecule has 1 rings (SSSR count). The largest absolute Gasteiger partial charge is 0.479 e. The van der Waals surface area contributed by atoms with Crippen LogP contribution in [0.5, 0.6) is 0 Å². The minimum absolute atomic E-state index is 0.262. The molecule has 23 heavy (non-hydrogen) atoms. The molecule has 0 aliphatic carbocycles. The Labute approximate surface area is 131 Å². The first-order chi connectivity index (χ1) is 10.6. The molecule has 128 valence electrons. The summed E-state index contributed by atoms with van der Waals surface area (Å²) in [5.41, 5.74) is -2.81. The van der Waals surface area contributed by atoms with Crippen molar-refractivity contribution in [2.45, 2.75) is 38.6 Å². The highest BCUT2D eigenvalue weighted by Crippen LogP contribution is 2.36. The molecule has 0 fully saturated rings. The Morgan fingerprint density at radius 1 is 1.22 bits per heavy atom. The summed E-state index contributed by atoms with van der Waals surface area (Å²) >= 11 is 0. The summed E-state index contributed by atoms with van der Waals surface area (Å²) in [4.78, 5) is 22.9. The number of alkyl carbamates (subject to hydrolysis) is 1. The number of ether oxygens (including phenoxy) is 1. The van der Waals surface area contributed by atoms with Crippen LogP contribution in [0, 0.1) is 5.92 Å². The number of carboxylic acids is 1. The van der Waals surface area contributed by atoms with Crippen molar-refractivity contribution in [2.75, 3.05) is 0 Å². The Bertz CT molecular complexity index is 545. The first-order valence-corrected chi connectivity index (χ1v) is 6.87. The number of alkyl halides is 3. The van der Waals surface area contributed by atoms with Gasteiger partial charge in [-0.3, -0.25) is 5.32 Å². The number of hydrogen-bond acceptors (Lipinski definition) is 3. The van der Waals surface area contributed by atoms with Gasteiger partial charge in [-0.1, -0.05) is 44.2 Å². The van der Waals surface area contributed by atoms with E-state index in [2.05, 4.69) is 0 Å². The smallest absolute Gasteiger partial charge is 0.422 e. The van der Waals surface area contributed by atoms with Crippen LogP contribution in [0.15, 0.2) is 30.3 Å². The Kier molecular flexibility index (Phi) is 6.00. The zero-order valence-corrected chi connectivity index (χ0v) is 12.7. The maximum Gasteiger partial charge on any atom is 0.422 e. The Morgan fingerprint density at radius 3 is 2.22 bits per heavy atom. The fraction of sp³-hybridized carbons (Fsp3) is 0.467. The number of carbonyl (C=O) groups excluding carboxylic acids is 1. The van der Waals surface area contributed by atoms with Crippen molar-refractivity contribution in [1.29, 1.82) is 0 Å². The molecule has 0 aromatic heterocycles. The summed E-state index contributed by atoms with van der Waals surface area (Å²) in [5.74, 6) is -2.78. The van der Waals surface area contributed by atoms with Crippen molar-refractivity contribution in [3.63, 3.8) is 0 Å². The molecule has 0 bridgehead atoms. The van der Waals surface area contributed by atoms with Crippen LogP contribution in [0.25, 0.3) is 0 Å². The maximum absolute atomic E-state index is 13.3. The van der Waals surface area contributed by atoms with Gasteiger partial charge in [0.25, 0.3) is 0 Å². The van der Waals surface area contributed by atoms with Gasteiger partial charge in [-0.15, -0.1) is 0 Å². The quantitative estimate of drug-likeness (QED) is 0.837. The second-order valence-corrected chi connectivity index (χ2v) is 5.49. The van der Waals surface area contributed by atoms with Gasteiger partial charge in [0.2, 0.25) is 5.54 Å². The summed E-state index contributed by atoms with van der Waals surface area (Å²) in [7, 11) is 0. The molecule has 0 aliphatic heterocycles. The van der Waals surface area contributed by atoms with Crippen LogP contribution >= 0.6 is 0 Å². The van der Waals surface area contributed by atoms with Crippen LogP contribution in [-0.2, 0) is 16.1 Å². The average molecular weight is 333 g/mol. The van der Waals surface area contributed by atoms with E-state index in [9.17, 15) is 22.8 Å². The third-order valence-corrected chi connectivity index (χ3v) is 3.09. The molecule has 0 aliphatic rings. The van der Waals surface area contributed by atoms with Gasteiger partial charge in [-0.25, -0.2) is 9.59 Å². The number of rotatable bonds is 6. The van der Waals surface area contributed by atoms with E-state index in [-0.39, 0.29) is 6.61 Å². The highest BCUT2D eigenvalue weighted by molar-refractivity contribution is 5.85. The highest BCUT2D eigenvalue weighted by Gasteiger charge is 2.62. The molecule has 1 aromatic rings. The zero-order valence-electron chi connectivity index (χ0n) is 12.7. The van der Waals surface area contributed by atoms with E-state index in [4.69, 9.17) is 9.84 Å². The molecule has 1 atom stereocenters. The molecule has 0 heterocycles. The standard InChI is InChI=1S/C15H18F3NO4/c1-10(2)8-14(12(20)21,15(16,17)18)19-13(22)23-9-11-6-4-3-5-7-11/h3-7,10H,8-9H2,1-2H3,(H,19,22)(H,20,21)/t14-/m0/s1. The van der Waals surface area contributed by atoms with Gasteiger partial charge in [0, 0.05) is 0 Å². The van der Waals surface area contributed by atoms with Gasteiger partial charge in [0.05, 0.1) is 0 Å². The normalized spacial score (nSPS) is 14.2. The van der Waals surface area contributed by atoms with Crippen LogP contribution < -0.4 is 5.32 Å². The van der Waals surface area contributed by atoms with Gasteiger partial charge >= 0.3 is 18.2 Å². The fourth-order valence-electron chi connectivity index (χ4n) is 2.05. The number of carboxylic acid groups (broad SMARTS) is 1. The topological polar surface area (TPSA) is 75.6 Å². The lowest BCUT2D eigenvalue weighted by Crippen LogP contribution is -2.64. The molecule has 0 unspecified atom stereocenters. The van der Waals surface area contributed by atoms with E-state index in [0.717, 1.165) is 0 Å². The SMILES string of the molecule is CC(C)C[C@](NC(=O)OCc1ccccc1)(C(=O)O)C(F)(F)F. The van der Waals surface area contributed by atoms with Gasteiger partial charge < -0.3 is 9.84 Å². The molecule has 0 spiro atoms. The highest BCUT2D eigenvalue weighted by atomic mass is 19.4. The Morgan fingerprint density at radius 2 is 1.78 bits per heavy atom. The van der Waals surface area contributed by atoms with E-state index in [1.807, 2.05) is 0 Å². The number of benzene rings is 1. The number of amides is 1. The Hall–Kier alpha value is -2.25. The van der Waals surface area contributed by atoms with E-state index in [1.165, 1.54) is 19.2 Å². The zero-order chi connectivity index (χ0) is 17.7. The lowest BCUT2D eigenvalue weighted by atomic mass is 9.88. The predicted octanol–water partition coefficient (Wildman–Crippen LogP) is 3.34. The summed E-state index contributed by atoms with van der Waals surface area (Å²) in [6.45, 7) is 2.60. The van der Waals surface area contributed by atoms with Crippen LogP contribution in [0.4, 0.5) is 18.0 Å². The number of nitrogens with one attached hydrogen (secondary N) is 1. The van der Waals surface area contributed by atoms with E-state index >= 15 is 0 Å². The van der Waals surface area contributed by atoms with Gasteiger partial charge in [0.1, 0.15) is 6.61 Å². The summed E-state index contributed by atoms with van der Waals surface area (Å²) in [6.07, 6.45) is -7.39. The van der Waals surface area contributed by atoms with Crippen molar-refractivity contribution < 1.29 is 32.6 Å². The minimum atomic E-state index is -5.16. The first kappa shape index (κ1) is 18.8. The second-order valence-electron chi connectivity index (χ2n) is 5.49. The van der Waals surface area contributed by atoms with Crippen LogP contribution in [0.3, 0.4) is 0 Å². The minimum Gasteiger partial charge on any atom is -0.479 e. The van der Waals surface area contributed by atoms with Crippen LogP contribution in [0.1, 0.15) is 25.8 Å². The van der Waals surface area contributed by atoms with Crippen molar-refractivity contribution in [1.82, 2.24) is 5.32 Å². The third kappa shape index (κ3) is 4.87. The first-order valence-electron chi connectivity index (χ1n) is 6.87. The van der Waals surface area contributed by atoms with Crippen LogP contribution in [-0.4, -0.2) is 28.9 Å². The molecule has 2 N–H and O–H groups in total. The molecule has 8 heteroatoms. The van der Waals surface area contributed by atoms with Crippen LogP contribution in [0.2, 0.25) is 0 Å². The maximum atomic E-state index is 13.3. The molecular weight excluding hydrogens is 315 g/mol. The van der Waals surface area contributed by atoms with Crippen molar-refractivity contribution in [2.24, 2.45) is 5.92 Å². The van der Waals surface area contributed by atoms with Crippen molar-refractivity contribution in [3.8, 4) is 0 Å². The van der Waals surface area contributed by atoms with Gasteiger partial charge in [-0.2, -0.15) is 13.2 Å². The summed E-state index contributed by atoms with van der Waals surface area (Å²) in [6, 6.07) is 8.32. The van der Waals surface area contributed by atoms with Crippen molar-refractivity contribution in [3.05, 3.63) is 35.9 Å². The third-order valence-electron chi connectivity index (χ3n) is 3.09. The molecule has 5 nitrogen and oxygen atoms in total. The second kappa shape index (κ2) is 7.34. The summed E-state index contributed by atoms with van der Waals surface area (Å²) < 4.78 is 44.5. The van der Waals surface area contributed by atoms with Gasteiger partial charge in [0.15, 0.2) is 0 Å². The van der Waals surface area contributed by atoms with Crippen molar-refractivity contribution >= 4 is 12.1 Å². The van der Waals surface area contributed by atoms with E-state index < -0.39 is 36.1 Å². The number of hydrogen-bond donors (Lipinski definition) is 2. The lowest BCUT2D eigenvalue weighted by molar-refractivity contribution is -0.211. The number of carbonyl (C=O) groups is 2. The van der Waals surface area contributed by atoms with E-state index in [1.54, 1.807) is 30.3 Å². The lowest BCUT2D eigenvalue weighted by Gasteiger charge is -2.33.